The molecule has 187 valence electrons. The van der Waals surface area contributed by atoms with Crippen LogP contribution in [-0.4, -0.2) is 60.1 Å². The van der Waals surface area contributed by atoms with Crippen molar-refractivity contribution >= 4 is 51.7 Å². The summed E-state index contributed by atoms with van der Waals surface area (Å²) in [6, 6.07) is 8.95. The topological polar surface area (TPSA) is 93.1 Å². The minimum absolute atomic E-state index is 0.0219. The van der Waals surface area contributed by atoms with Crippen molar-refractivity contribution in [3.63, 3.8) is 0 Å². The molecule has 1 aliphatic rings. The normalized spacial score (nSPS) is 18.7. The number of nitrogens with zero attached hydrogens (tertiary/aromatic N) is 4. The number of aromatic nitrogens is 4. The van der Waals surface area contributed by atoms with E-state index in [1.165, 1.54) is 24.5 Å². The van der Waals surface area contributed by atoms with Crippen LogP contribution >= 0.6 is 11.3 Å². The van der Waals surface area contributed by atoms with Crippen LogP contribution in [-0.2, 0) is 5.92 Å². The molecule has 1 aromatic carbocycles. The average Bonchev–Trinajstić information content (AvgIpc) is 3.27. The molecular formula is C24H22AsF3N5O2S. The van der Waals surface area contributed by atoms with Gasteiger partial charge >= 0.3 is 216 Å². The Morgan fingerprint density at radius 2 is 1.78 bits per heavy atom. The number of ether oxygens (including phenoxy) is 1. The van der Waals surface area contributed by atoms with Crippen LogP contribution in [0.1, 0.15) is 36.9 Å². The number of fused-ring (bicyclic) bond motifs is 1. The Hall–Kier alpha value is -2.75. The predicted octanol–water partition coefficient (Wildman–Crippen LogP) is 3.14. The first kappa shape index (κ1) is 24.9. The third-order valence-corrected chi connectivity index (χ3v) is 9.30. The molecule has 0 bridgehead atoms. The van der Waals surface area contributed by atoms with Gasteiger partial charge in [-0.15, -0.1) is 0 Å². The van der Waals surface area contributed by atoms with Gasteiger partial charge in [-0.2, -0.15) is 0 Å². The van der Waals surface area contributed by atoms with Gasteiger partial charge in [0.15, 0.2) is 0 Å². The van der Waals surface area contributed by atoms with Crippen molar-refractivity contribution in [1.82, 2.24) is 19.9 Å². The summed E-state index contributed by atoms with van der Waals surface area (Å²) >= 11 is 0.536. The van der Waals surface area contributed by atoms with Gasteiger partial charge in [0.1, 0.15) is 0 Å². The number of halogens is 3. The van der Waals surface area contributed by atoms with Gasteiger partial charge in [-0.3, -0.25) is 0 Å². The second-order valence-electron chi connectivity index (χ2n) is 8.45. The average molecular weight is 576 g/mol. The number of benzene rings is 1. The van der Waals surface area contributed by atoms with Gasteiger partial charge in [-0.05, 0) is 0 Å². The molecule has 0 aliphatic heterocycles. The van der Waals surface area contributed by atoms with E-state index >= 15 is 8.78 Å². The van der Waals surface area contributed by atoms with Crippen molar-refractivity contribution in [3.8, 4) is 5.88 Å². The van der Waals surface area contributed by atoms with Crippen molar-refractivity contribution in [2.24, 2.45) is 0 Å². The Morgan fingerprint density at radius 1 is 1.03 bits per heavy atom. The van der Waals surface area contributed by atoms with E-state index in [1.807, 2.05) is 0 Å². The van der Waals surface area contributed by atoms with Crippen molar-refractivity contribution in [1.29, 1.82) is 0 Å². The number of alkyl halides is 2. The Labute approximate surface area is 215 Å². The fraction of sp³-hybridized carbons (Fsp3) is 0.333. The fourth-order valence-electron chi connectivity index (χ4n) is 3.98. The molecule has 0 amide bonds. The molecule has 2 N–H and O–H groups in total. The van der Waals surface area contributed by atoms with Crippen LogP contribution in [0, 0.1) is 5.82 Å². The van der Waals surface area contributed by atoms with Crippen LogP contribution in [0.3, 0.4) is 0 Å². The molecule has 0 unspecified atom stereocenters. The van der Waals surface area contributed by atoms with E-state index < -0.39 is 33.2 Å². The van der Waals surface area contributed by atoms with Crippen molar-refractivity contribution in [2.75, 3.05) is 12.4 Å². The molecule has 3 aromatic heterocycles. The number of thiazole rings is 1. The molecule has 0 atom stereocenters. The molecule has 1 saturated carbocycles. The summed E-state index contributed by atoms with van der Waals surface area (Å²) < 4.78 is 50.7. The molecular weight excluding hydrogens is 554 g/mol. The van der Waals surface area contributed by atoms with Gasteiger partial charge in [0.2, 0.25) is 0 Å². The van der Waals surface area contributed by atoms with Gasteiger partial charge < -0.3 is 0 Å². The number of rotatable bonds is 7. The van der Waals surface area contributed by atoms with Crippen molar-refractivity contribution in [2.45, 2.75) is 43.8 Å². The molecule has 3 heterocycles. The van der Waals surface area contributed by atoms with E-state index in [2.05, 4.69) is 25.3 Å². The predicted molar refractivity (Wildman–Crippen MR) is 132 cm³/mol. The zero-order chi connectivity index (χ0) is 25.3. The zero-order valence-corrected chi connectivity index (χ0v) is 21.9. The Bertz CT molecular complexity index is 1360. The van der Waals surface area contributed by atoms with Crippen LogP contribution in [0.15, 0.2) is 42.5 Å². The van der Waals surface area contributed by atoms with E-state index in [1.54, 1.807) is 12.1 Å². The fourth-order valence-corrected chi connectivity index (χ4v) is 7.45. The number of anilines is 1. The number of hydrogen-bond donors (Lipinski definition) is 2. The first-order valence-corrected chi connectivity index (χ1v) is 14.0. The molecule has 36 heavy (non-hydrogen) atoms. The van der Waals surface area contributed by atoms with E-state index in [0.717, 1.165) is 28.1 Å². The second kappa shape index (κ2) is 10.3. The van der Waals surface area contributed by atoms with Crippen LogP contribution in [0.25, 0.3) is 10.3 Å². The summed E-state index contributed by atoms with van der Waals surface area (Å²) in [6.45, 7) is 0. The maximum atomic E-state index is 15.5. The first-order chi connectivity index (χ1) is 17.3. The summed E-state index contributed by atoms with van der Waals surface area (Å²) in [7, 11) is 1.54. The van der Waals surface area contributed by atoms with Gasteiger partial charge in [0, 0.05) is 0 Å². The molecule has 1 fully saturated rings. The van der Waals surface area contributed by atoms with Gasteiger partial charge in [0.25, 0.3) is 0 Å². The number of aliphatic hydroxyl groups excluding tert-OH is 1. The monoisotopic (exact) mass is 576 g/mol. The SMILES string of the molecule is COc1ccc2nc([As]c3cc(C(F)(F)c4ccc(F)cc4)nc(NC4CCC(O)CC4)n3)sc2n1. The zero-order valence-electron chi connectivity index (χ0n) is 19.2. The molecule has 12 heteroatoms. The quantitative estimate of drug-likeness (QED) is 0.327. The number of hydrogen-bond acceptors (Lipinski definition) is 8. The summed E-state index contributed by atoms with van der Waals surface area (Å²) in [5.74, 6) is -3.46. The minimum atomic E-state index is -3.45. The molecule has 5 rings (SSSR count). The van der Waals surface area contributed by atoms with E-state index in [0.29, 0.717) is 46.4 Å². The van der Waals surface area contributed by atoms with Gasteiger partial charge in [0.05, 0.1) is 0 Å². The Kier molecular flexibility index (Phi) is 7.14. The third-order valence-electron chi connectivity index (χ3n) is 5.91. The van der Waals surface area contributed by atoms with Crippen LogP contribution in [0.2, 0.25) is 0 Å². The number of nitrogens with one attached hydrogen (secondary N) is 1. The molecule has 1 aliphatic carbocycles. The number of methoxy groups -OCH3 is 1. The van der Waals surface area contributed by atoms with Crippen LogP contribution in [0.5, 0.6) is 5.88 Å². The van der Waals surface area contributed by atoms with Crippen molar-refractivity contribution in [3.05, 3.63) is 59.5 Å². The van der Waals surface area contributed by atoms with Crippen LogP contribution in [0.4, 0.5) is 19.1 Å². The van der Waals surface area contributed by atoms with Gasteiger partial charge in [-0.25, -0.2) is 0 Å². The van der Waals surface area contributed by atoms with E-state index in [4.69, 9.17) is 4.74 Å². The van der Waals surface area contributed by atoms with E-state index in [-0.39, 0.29) is 23.7 Å². The van der Waals surface area contributed by atoms with E-state index in [9.17, 15) is 9.50 Å². The Balaban J connectivity index is 1.49. The summed E-state index contributed by atoms with van der Waals surface area (Å²) in [5.41, 5.74) is -0.113. The maximum absolute atomic E-state index is 15.5. The molecule has 0 saturated heterocycles. The third kappa shape index (κ3) is 5.48. The number of pyridine rings is 1. The standard InChI is InChI=1S/C24H22AsF3N5O2S/c1-35-20-11-10-17-21(33-20)36-22(30-17)25-19-12-18(24(27,28)13-2-4-14(26)5-3-13)31-23(32-19)29-15-6-8-16(34)9-7-15/h2-5,10-12,15-16,34H,6-9H2,1H3,(H,29,31,32). The van der Waals surface area contributed by atoms with Crippen molar-refractivity contribution < 1.29 is 23.0 Å². The molecule has 7 nitrogen and oxygen atoms in total. The summed E-state index contributed by atoms with van der Waals surface area (Å²) in [5, 5.41) is 13.0. The molecule has 4 aromatic rings. The second-order valence-corrected chi connectivity index (χ2v) is 12.4. The summed E-state index contributed by atoms with van der Waals surface area (Å²) in [6.07, 6.45) is 2.30. The first-order valence-electron chi connectivity index (χ1n) is 11.3. The number of aliphatic hydroxyl groups is 1. The Morgan fingerprint density at radius 3 is 2.50 bits per heavy atom. The summed E-state index contributed by atoms with van der Waals surface area (Å²) in [4.78, 5) is 18.4. The van der Waals surface area contributed by atoms with Crippen LogP contribution < -0.4 is 18.3 Å². The molecule has 1 radical (unpaired) electrons. The molecule has 0 spiro atoms. The van der Waals surface area contributed by atoms with Gasteiger partial charge in [-0.1, -0.05) is 0 Å².